The van der Waals surface area contributed by atoms with E-state index in [0.717, 1.165) is 12.0 Å². The van der Waals surface area contributed by atoms with E-state index in [1.807, 2.05) is 37.3 Å². The molecule has 0 aliphatic carbocycles. The molecule has 0 aliphatic heterocycles. The van der Waals surface area contributed by atoms with Gasteiger partial charge in [-0.05, 0) is 24.8 Å². The van der Waals surface area contributed by atoms with Crippen molar-refractivity contribution >= 4 is 17.7 Å². The van der Waals surface area contributed by atoms with Gasteiger partial charge in [-0.2, -0.15) is 0 Å². The highest BCUT2D eigenvalue weighted by Crippen LogP contribution is 2.14. The molecule has 130 valence electrons. The Hall–Kier alpha value is -2.02. The number of hydrogen-bond acceptors (Lipinski definition) is 4. The van der Waals surface area contributed by atoms with Gasteiger partial charge in [-0.1, -0.05) is 55.9 Å². The van der Waals surface area contributed by atoms with E-state index in [1.54, 1.807) is 4.57 Å². The molecule has 24 heavy (non-hydrogen) atoms. The molecule has 7 heteroatoms. The maximum absolute atomic E-state index is 12.0. The van der Waals surface area contributed by atoms with E-state index in [1.165, 1.54) is 11.8 Å². The van der Waals surface area contributed by atoms with E-state index in [9.17, 15) is 9.59 Å². The lowest BCUT2D eigenvalue weighted by molar-refractivity contribution is -0.119. The van der Waals surface area contributed by atoms with Crippen molar-refractivity contribution in [2.75, 3.05) is 5.75 Å². The molecule has 0 spiro atoms. The summed E-state index contributed by atoms with van der Waals surface area (Å²) in [4.78, 5) is 23.9. The summed E-state index contributed by atoms with van der Waals surface area (Å²) in [6.07, 6.45) is 0.740. The zero-order valence-corrected chi connectivity index (χ0v) is 15.1. The fourth-order valence-corrected chi connectivity index (χ4v) is 2.87. The predicted octanol–water partition coefficient (Wildman–Crippen LogP) is 2.07. The molecule has 6 nitrogen and oxygen atoms in total. The van der Waals surface area contributed by atoms with Gasteiger partial charge in [-0.15, -0.1) is 5.10 Å². The maximum atomic E-state index is 12.0. The van der Waals surface area contributed by atoms with Gasteiger partial charge in [-0.3, -0.25) is 9.36 Å². The summed E-state index contributed by atoms with van der Waals surface area (Å²) in [6, 6.07) is 10.1. The lowest BCUT2D eigenvalue weighted by Gasteiger charge is -2.17. The van der Waals surface area contributed by atoms with Crippen molar-refractivity contribution in [2.24, 2.45) is 5.92 Å². The Bertz CT molecular complexity index is 709. The van der Waals surface area contributed by atoms with Crippen molar-refractivity contribution in [3.05, 3.63) is 46.4 Å². The van der Waals surface area contributed by atoms with Gasteiger partial charge < -0.3 is 5.32 Å². The quantitative estimate of drug-likeness (QED) is 0.716. The number of aryl methyl sites for hydroxylation is 1. The third-order valence-electron chi connectivity index (χ3n) is 3.91. The number of amides is 1. The second kappa shape index (κ2) is 8.73. The van der Waals surface area contributed by atoms with E-state index < -0.39 is 0 Å². The molecule has 1 heterocycles. The number of aromatic amines is 1. The normalized spacial score (nSPS) is 12.3. The van der Waals surface area contributed by atoms with Crippen LogP contribution in [0.3, 0.4) is 0 Å². The molecule has 0 radical (unpaired) electrons. The predicted molar refractivity (Wildman–Crippen MR) is 96.2 cm³/mol. The Labute approximate surface area is 146 Å². The number of hydrogen-bond donors (Lipinski definition) is 2. The number of H-pyrrole nitrogens is 1. The van der Waals surface area contributed by atoms with Crippen molar-refractivity contribution in [1.29, 1.82) is 0 Å². The molecule has 1 aromatic heterocycles. The topological polar surface area (TPSA) is 79.8 Å². The zero-order chi connectivity index (χ0) is 17.5. The van der Waals surface area contributed by atoms with E-state index in [-0.39, 0.29) is 23.4 Å². The van der Waals surface area contributed by atoms with Crippen LogP contribution in [0.1, 0.15) is 26.3 Å². The van der Waals surface area contributed by atoms with E-state index in [4.69, 9.17) is 0 Å². The molecule has 0 aliphatic rings. The smallest absolute Gasteiger partial charge is 0.343 e. The largest absolute Gasteiger partial charge is 0.353 e. The molecule has 1 amide bonds. The molecule has 1 unspecified atom stereocenters. The molecular weight excluding hydrogens is 324 g/mol. The molecule has 0 saturated heterocycles. The molecule has 0 saturated carbocycles. The molecule has 0 bridgehead atoms. The molecule has 2 N–H and O–H groups in total. The first kappa shape index (κ1) is 18.3. The average molecular weight is 348 g/mol. The average Bonchev–Trinajstić information content (AvgIpc) is 2.92. The number of carbonyl (C=O) groups excluding carboxylic acids is 1. The van der Waals surface area contributed by atoms with Gasteiger partial charge in [0.05, 0.1) is 5.75 Å². The summed E-state index contributed by atoms with van der Waals surface area (Å²) in [6.45, 7) is 6.64. The van der Waals surface area contributed by atoms with Crippen molar-refractivity contribution in [3.63, 3.8) is 0 Å². The lowest BCUT2D eigenvalue weighted by Crippen LogP contribution is -2.37. The third-order valence-corrected chi connectivity index (χ3v) is 4.89. The van der Waals surface area contributed by atoms with Crippen molar-refractivity contribution in [3.8, 4) is 0 Å². The molecule has 2 aromatic rings. The first-order valence-electron chi connectivity index (χ1n) is 8.08. The van der Waals surface area contributed by atoms with E-state index in [0.29, 0.717) is 17.6 Å². The highest BCUT2D eigenvalue weighted by Gasteiger charge is 2.14. The van der Waals surface area contributed by atoms with Crippen LogP contribution < -0.4 is 11.0 Å². The van der Waals surface area contributed by atoms with Crippen LogP contribution in [0.15, 0.2) is 40.3 Å². The number of rotatable bonds is 8. The van der Waals surface area contributed by atoms with Crippen LogP contribution in [0, 0.1) is 5.92 Å². The van der Waals surface area contributed by atoms with Gasteiger partial charge in [0.25, 0.3) is 0 Å². The first-order chi connectivity index (χ1) is 11.5. The monoisotopic (exact) mass is 348 g/mol. The van der Waals surface area contributed by atoms with Gasteiger partial charge in [0, 0.05) is 12.6 Å². The van der Waals surface area contributed by atoms with Crippen molar-refractivity contribution in [1.82, 2.24) is 20.1 Å². The Balaban J connectivity index is 1.92. The third kappa shape index (κ3) is 5.26. The summed E-state index contributed by atoms with van der Waals surface area (Å²) in [5.41, 5.74) is 0.912. The van der Waals surface area contributed by atoms with Crippen LogP contribution in [0.2, 0.25) is 0 Å². The molecule has 0 fully saturated rings. The fraction of sp³-hybridized carbons (Fsp3) is 0.471. The highest BCUT2D eigenvalue weighted by molar-refractivity contribution is 7.99. The van der Waals surface area contributed by atoms with Crippen LogP contribution in [0.5, 0.6) is 0 Å². The van der Waals surface area contributed by atoms with Crippen molar-refractivity contribution < 1.29 is 4.79 Å². The summed E-state index contributed by atoms with van der Waals surface area (Å²) in [5.74, 6) is 0.576. The van der Waals surface area contributed by atoms with Crippen LogP contribution >= 0.6 is 11.8 Å². The number of thioether (sulfide) groups is 1. The number of nitrogens with one attached hydrogen (secondary N) is 2. The fourth-order valence-electron chi connectivity index (χ4n) is 2.09. The summed E-state index contributed by atoms with van der Waals surface area (Å²) in [7, 11) is 0. The standard InChI is InChI=1S/C17H24N4O2S/c1-12(2)13(3)18-15(22)11-24-17-20-19-16(23)21(17)10-9-14-7-5-4-6-8-14/h4-8,12-13H,9-11H2,1-3H3,(H,18,22)(H,19,23). The maximum Gasteiger partial charge on any atom is 0.343 e. The SMILES string of the molecule is CC(C)C(C)NC(=O)CSc1n[nH]c(=O)n1CCc1ccccc1. The minimum atomic E-state index is -0.246. The summed E-state index contributed by atoms with van der Waals surface area (Å²) >= 11 is 1.27. The summed E-state index contributed by atoms with van der Waals surface area (Å²) < 4.78 is 1.58. The van der Waals surface area contributed by atoms with Crippen LogP contribution in [0.25, 0.3) is 0 Å². The zero-order valence-electron chi connectivity index (χ0n) is 14.3. The summed E-state index contributed by atoms with van der Waals surface area (Å²) in [5, 5.41) is 9.98. The van der Waals surface area contributed by atoms with Gasteiger partial charge in [0.15, 0.2) is 5.16 Å². The second-order valence-electron chi connectivity index (χ2n) is 6.09. The number of aromatic nitrogens is 3. The lowest BCUT2D eigenvalue weighted by atomic mass is 10.1. The minimum Gasteiger partial charge on any atom is -0.353 e. The van der Waals surface area contributed by atoms with Crippen LogP contribution in [0.4, 0.5) is 0 Å². The molecule has 2 rings (SSSR count). The molecular formula is C17H24N4O2S. The van der Waals surface area contributed by atoms with Gasteiger partial charge in [0.2, 0.25) is 5.91 Å². The minimum absolute atomic E-state index is 0.0498. The van der Waals surface area contributed by atoms with Gasteiger partial charge in [0.1, 0.15) is 0 Å². The Morgan fingerprint density at radius 1 is 1.29 bits per heavy atom. The first-order valence-corrected chi connectivity index (χ1v) is 9.07. The molecule has 1 aromatic carbocycles. The van der Waals surface area contributed by atoms with E-state index >= 15 is 0 Å². The molecule has 1 atom stereocenters. The Kier molecular flexibility index (Phi) is 6.66. The second-order valence-corrected chi connectivity index (χ2v) is 7.03. The number of carbonyl (C=O) groups is 1. The highest BCUT2D eigenvalue weighted by atomic mass is 32.2. The van der Waals surface area contributed by atoms with Gasteiger partial charge >= 0.3 is 5.69 Å². The van der Waals surface area contributed by atoms with E-state index in [2.05, 4.69) is 29.4 Å². The van der Waals surface area contributed by atoms with Crippen molar-refractivity contribution in [2.45, 2.75) is 44.9 Å². The number of benzene rings is 1. The Morgan fingerprint density at radius 2 is 2.00 bits per heavy atom. The van der Waals surface area contributed by atoms with Crippen LogP contribution in [-0.2, 0) is 17.8 Å². The Morgan fingerprint density at radius 3 is 2.67 bits per heavy atom. The van der Waals surface area contributed by atoms with Gasteiger partial charge in [-0.25, -0.2) is 9.89 Å². The number of nitrogens with zero attached hydrogens (tertiary/aromatic N) is 2. The van der Waals surface area contributed by atoms with Crippen LogP contribution in [-0.4, -0.2) is 32.5 Å².